The molecule has 0 aromatic heterocycles. The first kappa shape index (κ1) is 18.7. The van der Waals surface area contributed by atoms with Crippen molar-refractivity contribution in [2.24, 2.45) is 5.92 Å². The third kappa shape index (κ3) is 3.88. The molecule has 7 heteroatoms. The number of nitrogens with zero attached hydrogens (tertiary/aromatic N) is 1. The highest BCUT2D eigenvalue weighted by molar-refractivity contribution is 5.88. The van der Waals surface area contributed by atoms with Crippen LogP contribution in [0.25, 0.3) is 0 Å². The van der Waals surface area contributed by atoms with Crippen LogP contribution in [0.5, 0.6) is 0 Å². The van der Waals surface area contributed by atoms with E-state index in [1.165, 1.54) is 4.90 Å². The first-order chi connectivity index (χ1) is 11.4. The molecule has 24 heavy (non-hydrogen) atoms. The minimum Gasteiger partial charge on any atom is -0.480 e. The van der Waals surface area contributed by atoms with E-state index in [1.54, 1.807) is 6.92 Å². The summed E-state index contributed by atoms with van der Waals surface area (Å²) in [6.07, 6.45) is 5.53. The third-order valence-corrected chi connectivity index (χ3v) is 5.32. The van der Waals surface area contributed by atoms with E-state index in [0.29, 0.717) is 19.3 Å². The number of likely N-dealkylation sites (tertiary alicyclic amines) is 1. The maximum atomic E-state index is 12.9. The highest BCUT2D eigenvalue weighted by Crippen LogP contribution is 2.40. The number of carboxylic acids is 2. The minimum absolute atomic E-state index is 0.0222. The summed E-state index contributed by atoms with van der Waals surface area (Å²) in [5.74, 6) is -1.99. The van der Waals surface area contributed by atoms with E-state index in [4.69, 9.17) is 0 Å². The Morgan fingerprint density at radius 3 is 2.46 bits per heavy atom. The van der Waals surface area contributed by atoms with Gasteiger partial charge in [-0.25, -0.2) is 4.79 Å². The van der Waals surface area contributed by atoms with Gasteiger partial charge in [-0.05, 0) is 38.5 Å². The highest BCUT2D eigenvalue weighted by atomic mass is 16.4. The Labute approximate surface area is 142 Å². The van der Waals surface area contributed by atoms with E-state index in [9.17, 15) is 24.6 Å². The molecular weight excluding hydrogens is 312 g/mol. The summed E-state index contributed by atoms with van der Waals surface area (Å²) in [4.78, 5) is 37.3. The lowest BCUT2D eigenvalue weighted by atomic mass is 9.84. The van der Waals surface area contributed by atoms with Crippen LogP contribution in [0.3, 0.4) is 0 Å². The molecule has 2 fully saturated rings. The van der Waals surface area contributed by atoms with Crippen LogP contribution in [0.2, 0.25) is 0 Å². The summed E-state index contributed by atoms with van der Waals surface area (Å²) >= 11 is 0. The molecule has 1 amide bonds. The lowest BCUT2D eigenvalue weighted by molar-refractivity contribution is -0.151. The molecule has 0 aromatic rings. The topological polar surface area (TPSA) is 107 Å². The predicted molar refractivity (Wildman–Crippen MR) is 87.6 cm³/mol. The molecule has 3 N–H and O–H groups in total. The summed E-state index contributed by atoms with van der Waals surface area (Å²) in [7, 11) is 0. The van der Waals surface area contributed by atoms with Gasteiger partial charge < -0.3 is 15.1 Å². The van der Waals surface area contributed by atoms with Crippen molar-refractivity contribution in [3.63, 3.8) is 0 Å². The van der Waals surface area contributed by atoms with Crippen LogP contribution in [0.15, 0.2) is 0 Å². The van der Waals surface area contributed by atoms with Gasteiger partial charge >= 0.3 is 11.9 Å². The monoisotopic (exact) mass is 340 g/mol. The van der Waals surface area contributed by atoms with Crippen molar-refractivity contribution in [1.82, 2.24) is 10.2 Å². The van der Waals surface area contributed by atoms with Crippen molar-refractivity contribution in [3.05, 3.63) is 0 Å². The van der Waals surface area contributed by atoms with E-state index in [2.05, 4.69) is 5.32 Å². The fraction of sp³-hybridized carbons (Fsp3) is 0.824. The molecule has 0 aromatic carbocycles. The van der Waals surface area contributed by atoms with Gasteiger partial charge in [-0.2, -0.15) is 0 Å². The number of nitrogens with one attached hydrogen (secondary N) is 1. The van der Waals surface area contributed by atoms with Crippen molar-refractivity contribution < 1.29 is 24.6 Å². The van der Waals surface area contributed by atoms with Crippen LogP contribution in [-0.2, 0) is 14.4 Å². The van der Waals surface area contributed by atoms with Gasteiger partial charge in [-0.15, -0.1) is 0 Å². The van der Waals surface area contributed by atoms with Crippen molar-refractivity contribution in [3.8, 4) is 0 Å². The van der Waals surface area contributed by atoms with Crippen LogP contribution in [0, 0.1) is 5.92 Å². The molecule has 1 saturated heterocycles. The highest BCUT2D eigenvalue weighted by Gasteiger charge is 2.48. The molecule has 0 spiro atoms. The molecule has 7 nitrogen and oxygen atoms in total. The Hall–Kier alpha value is -1.63. The van der Waals surface area contributed by atoms with Gasteiger partial charge in [0, 0.05) is 6.04 Å². The number of fused-ring (bicyclic) bond motifs is 1. The number of hydrogen-bond acceptors (Lipinski definition) is 4. The standard InChI is InChI=1S/C17H28N2O5/c1-3-6-12(16(21)22)18-10(2)15(20)19-13-8-5-4-7-11(13)9-14(19)17(23)24/h10-14,18H,3-9H2,1-2H3,(H,21,22)(H,23,24)/t10?,11?,12?,13?,14-/m0/s1. The van der Waals surface area contributed by atoms with E-state index in [-0.39, 0.29) is 17.9 Å². The molecule has 1 aliphatic heterocycles. The van der Waals surface area contributed by atoms with Crippen molar-refractivity contribution in [2.75, 3.05) is 0 Å². The zero-order valence-electron chi connectivity index (χ0n) is 14.4. The molecular formula is C17H28N2O5. The molecule has 1 saturated carbocycles. The van der Waals surface area contributed by atoms with E-state index < -0.39 is 30.1 Å². The lowest BCUT2D eigenvalue weighted by Gasteiger charge is -2.35. The molecule has 0 radical (unpaired) electrons. The Morgan fingerprint density at radius 2 is 1.88 bits per heavy atom. The first-order valence-electron chi connectivity index (χ1n) is 8.90. The average Bonchev–Trinajstić information content (AvgIpc) is 2.93. The number of aliphatic carboxylic acids is 2. The number of hydrogen-bond donors (Lipinski definition) is 3. The zero-order chi connectivity index (χ0) is 17.9. The SMILES string of the molecule is CCCC(NC(C)C(=O)N1C2CCCCC2C[C@H]1C(=O)O)C(=O)O. The van der Waals surface area contributed by atoms with Gasteiger partial charge in [0.25, 0.3) is 0 Å². The largest absolute Gasteiger partial charge is 0.480 e. The first-order valence-corrected chi connectivity index (χ1v) is 8.90. The van der Waals surface area contributed by atoms with Crippen molar-refractivity contribution in [1.29, 1.82) is 0 Å². The lowest BCUT2D eigenvalue weighted by Crippen LogP contribution is -2.55. The third-order valence-electron chi connectivity index (χ3n) is 5.32. The molecule has 5 atom stereocenters. The smallest absolute Gasteiger partial charge is 0.326 e. The molecule has 2 aliphatic rings. The van der Waals surface area contributed by atoms with Gasteiger partial charge in [-0.3, -0.25) is 14.9 Å². The van der Waals surface area contributed by atoms with Gasteiger partial charge in [0.2, 0.25) is 5.91 Å². The average molecular weight is 340 g/mol. The van der Waals surface area contributed by atoms with Crippen LogP contribution in [0.4, 0.5) is 0 Å². The quantitative estimate of drug-likeness (QED) is 0.648. The fourth-order valence-electron chi connectivity index (χ4n) is 4.16. The van der Waals surface area contributed by atoms with E-state index >= 15 is 0 Å². The second-order valence-electron chi connectivity index (χ2n) is 7.01. The van der Waals surface area contributed by atoms with Crippen LogP contribution in [-0.4, -0.2) is 57.1 Å². The minimum atomic E-state index is -0.983. The molecule has 0 bridgehead atoms. The Morgan fingerprint density at radius 1 is 1.21 bits per heavy atom. The molecule has 1 aliphatic carbocycles. The number of carbonyl (C=O) groups is 3. The van der Waals surface area contributed by atoms with Gasteiger partial charge in [0.05, 0.1) is 6.04 Å². The summed E-state index contributed by atoms with van der Waals surface area (Å²) in [6, 6.07) is -2.31. The summed E-state index contributed by atoms with van der Waals surface area (Å²) < 4.78 is 0. The molecule has 136 valence electrons. The van der Waals surface area contributed by atoms with Gasteiger partial charge in [0.1, 0.15) is 12.1 Å². The normalized spacial score (nSPS) is 28.9. The Balaban J connectivity index is 2.12. The summed E-state index contributed by atoms with van der Waals surface area (Å²) in [6.45, 7) is 3.51. The molecule has 2 rings (SSSR count). The maximum absolute atomic E-state index is 12.9. The van der Waals surface area contributed by atoms with Crippen molar-refractivity contribution in [2.45, 2.75) is 83.0 Å². The summed E-state index contributed by atoms with van der Waals surface area (Å²) in [5.41, 5.74) is 0. The second-order valence-corrected chi connectivity index (χ2v) is 7.01. The number of rotatable bonds is 7. The van der Waals surface area contributed by atoms with Gasteiger partial charge in [-0.1, -0.05) is 26.2 Å². The van der Waals surface area contributed by atoms with Gasteiger partial charge in [0.15, 0.2) is 0 Å². The van der Waals surface area contributed by atoms with E-state index in [0.717, 1.165) is 25.7 Å². The Bertz CT molecular complexity index is 495. The van der Waals surface area contributed by atoms with Crippen molar-refractivity contribution >= 4 is 17.8 Å². The summed E-state index contributed by atoms with van der Waals surface area (Å²) in [5, 5.41) is 21.6. The fourth-order valence-corrected chi connectivity index (χ4v) is 4.16. The van der Waals surface area contributed by atoms with Crippen LogP contribution < -0.4 is 5.32 Å². The van der Waals surface area contributed by atoms with Crippen LogP contribution >= 0.6 is 0 Å². The van der Waals surface area contributed by atoms with Crippen LogP contribution in [0.1, 0.15) is 58.8 Å². The second kappa shape index (κ2) is 7.96. The number of carbonyl (C=O) groups excluding carboxylic acids is 1. The maximum Gasteiger partial charge on any atom is 0.326 e. The van der Waals surface area contributed by atoms with E-state index in [1.807, 2.05) is 6.92 Å². The molecule has 1 heterocycles. The predicted octanol–water partition coefficient (Wildman–Crippen LogP) is 1.46. The molecule has 4 unspecified atom stereocenters. The zero-order valence-corrected chi connectivity index (χ0v) is 14.4. The number of carboxylic acid groups (broad SMARTS) is 2. The Kier molecular flexibility index (Phi) is 6.21. The number of amides is 1.